The molecule has 0 spiro atoms. The molecule has 0 N–H and O–H groups in total. The molecular weight excluding hydrogens is 328 g/mol. The third-order valence-electron chi connectivity index (χ3n) is 4.94. The monoisotopic (exact) mass is 350 g/mol. The SMILES string of the molecule is CCc1nc(N2CCCC(C(=O)c3ccccn3)C2)c2cnn(C)c2n1. The van der Waals surface area contributed by atoms with E-state index in [-0.39, 0.29) is 11.7 Å². The summed E-state index contributed by atoms with van der Waals surface area (Å²) in [5.74, 6) is 1.74. The van der Waals surface area contributed by atoms with Gasteiger partial charge in [-0.05, 0) is 25.0 Å². The van der Waals surface area contributed by atoms with Crippen molar-refractivity contribution in [1.82, 2.24) is 24.7 Å². The summed E-state index contributed by atoms with van der Waals surface area (Å²) in [4.78, 5) is 28.6. The lowest BCUT2D eigenvalue weighted by Gasteiger charge is -2.33. The van der Waals surface area contributed by atoms with Crippen molar-refractivity contribution in [2.24, 2.45) is 13.0 Å². The first-order chi connectivity index (χ1) is 12.7. The number of ketones is 1. The van der Waals surface area contributed by atoms with Crippen molar-refractivity contribution >= 4 is 22.6 Å². The molecule has 134 valence electrons. The first kappa shape index (κ1) is 16.6. The Morgan fingerprint density at radius 3 is 2.96 bits per heavy atom. The van der Waals surface area contributed by atoms with Crippen LogP contribution in [-0.2, 0) is 13.5 Å². The minimum absolute atomic E-state index is 0.0644. The van der Waals surface area contributed by atoms with Crippen molar-refractivity contribution in [3.63, 3.8) is 0 Å². The van der Waals surface area contributed by atoms with Crippen LogP contribution < -0.4 is 4.90 Å². The van der Waals surface area contributed by atoms with E-state index >= 15 is 0 Å². The van der Waals surface area contributed by atoms with Crippen LogP contribution in [0.3, 0.4) is 0 Å². The number of hydrogen-bond acceptors (Lipinski definition) is 6. The molecule has 26 heavy (non-hydrogen) atoms. The molecule has 3 aromatic heterocycles. The summed E-state index contributed by atoms with van der Waals surface area (Å²) in [5.41, 5.74) is 1.38. The number of piperidine rings is 1. The normalized spacial score (nSPS) is 17.6. The zero-order valence-corrected chi connectivity index (χ0v) is 15.1. The van der Waals surface area contributed by atoms with E-state index in [9.17, 15) is 4.79 Å². The molecule has 1 aliphatic rings. The minimum atomic E-state index is -0.0644. The smallest absolute Gasteiger partial charge is 0.185 e. The molecule has 0 radical (unpaired) electrons. The van der Waals surface area contributed by atoms with Gasteiger partial charge in [-0.25, -0.2) is 9.97 Å². The Morgan fingerprint density at radius 2 is 2.19 bits per heavy atom. The van der Waals surface area contributed by atoms with Gasteiger partial charge in [-0.1, -0.05) is 13.0 Å². The van der Waals surface area contributed by atoms with Crippen LogP contribution in [0.5, 0.6) is 0 Å². The van der Waals surface area contributed by atoms with Gasteiger partial charge in [0.1, 0.15) is 17.3 Å². The highest BCUT2D eigenvalue weighted by Crippen LogP contribution is 2.29. The van der Waals surface area contributed by atoms with Crippen LogP contribution in [0.1, 0.15) is 36.1 Å². The molecule has 0 bridgehead atoms. The number of aryl methyl sites for hydroxylation is 2. The van der Waals surface area contributed by atoms with E-state index in [1.165, 1.54) is 0 Å². The molecule has 0 aromatic carbocycles. The molecule has 1 saturated heterocycles. The highest BCUT2D eigenvalue weighted by molar-refractivity contribution is 5.96. The molecule has 1 atom stereocenters. The van der Waals surface area contributed by atoms with Crippen molar-refractivity contribution in [1.29, 1.82) is 0 Å². The Hall–Kier alpha value is -2.83. The van der Waals surface area contributed by atoms with Gasteiger partial charge in [0.25, 0.3) is 0 Å². The fraction of sp³-hybridized carbons (Fsp3) is 0.421. The Morgan fingerprint density at radius 1 is 1.31 bits per heavy atom. The van der Waals surface area contributed by atoms with Crippen molar-refractivity contribution in [2.45, 2.75) is 26.2 Å². The van der Waals surface area contributed by atoms with E-state index in [1.807, 2.05) is 32.3 Å². The lowest BCUT2D eigenvalue weighted by molar-refractivity contribution is 0.0902. The number of anilines is 1. The van der Waals surface area contributed by atoms with Gasteiger partial charge in [0.05, 0.1) is 11.6 Å². The maximum absolute atomic E-state index is 12.8. The molecule has 1 aliphatic heterocycles. The number of nitrogens with zero attached hydrogens (tertiary/aromatic N) is 6. The number of rotatable bonds is 4. The van der Waals surface area contributed by atoms with E-state index in [0.717, 1.165) is 48.5 Å². The summed E-state index contributed by atoms with van der Waals surface area (Å²) in [7, 11) is 1.89. The maximum atomic E-state index is 12.8. The number of fused-ring (bicyclic) bond motifs is 1. The van der Waals surface area contributed by atoms with Crippen molar-refractivity contribution < 1.29 is 4.79 Å². The molecule has 4 rings (SSSR count). The third-order valence-corrected chi connectivity index (χ3v) is 4.94. The quantitative estimate of drug-likeness (QED) is 0.673. The number of carbonyl (C=O) groups excluding carboxylic acids is 1. The largest absolute Gasteiger partial charge is 0.355 e. The summed E-state index contributed by atoms with van der Waals surface area (Å²) in [6, 6.07) is 5.48. The highest BCUT2D eigenvalue weighted by Gasteiger charge is 2.29. The Labute approximate surface area is 152 Å². The Kier molecular flexibility index (Phi) is 4.36. The van der Waals surface area contributed by atoms with Gasteiger partial charge < -0.3 is 4.90 Å². The van der Waals surface area contributed by atoms with Gasteiger partial charge in [0.2, 0.25) is 0 Å². The van der Waals surface area contributed by atoms with Gasteiger partial charge in [-0.15, -0.1) is 0 Å². The molecular formula is C19H22N6O. The number of hydrogen-bond donors (Lipinski definition) is 0. The predicted molar refractivity (Wildman–Crippen MR) is 99.2 cm³/mol. The molecule has 7 nitrogen and oxygen atoms in total. The number of Topliss-reactive ketones (excluding diaryl/α,β-unsaturated/α-hetero) is 1. The minimum Gasteiger partial charge on any atom is -0.355 e. The molecule has 4 heterocycles. The van der Waals surface area contributed by atoms with Gasteiger partial charge >= 0.3 is 0 Å². The van der Waals surface area contributed by atoms with Gasteiger partial charge in [-0.3, -0.25) is 14.5 Å². The second kappa shape index (κ2) is 6.82. The van der Waals surface area contributed by atoms with Crippen molar-refractivity contribution in [3.8, 4) is 0 Å². The number of carbonyl (C=O) groups is 1. The second-order valence-corrected chi connectivity index (χ2v) is 6.69. The molecule has 7 heteroatoms. The molecule has 0 saturated carbocycles. The fourth-order valence-electron chi connectivity index (χ4n) is 3.55. The number of pyridine rings is 1. The molecule has 0 aliphatic carbocycles. The summed E-state index contributed by atoms with van der Waals surface area (Å²) in [5, 5.41) is 5.28. The third kappa shape index (κ3) is 2.94. The predicted octanol–water partition coefficient (Wildman–Crippen LogP) is 2.42. The summed E-state index contributed by atoms with van der Waals surface area (Å²) >= 11 is 0. The van der Waals surface area contributed by atoms with Crippen molar-refractivity contribution in [2.75, 3.05) is 18.0 Å². The zero-order valence-electron chi connectivity index (χ0n) is 15.1. The van der Waals surface area contributed by atoms with Crippen molar-refractivity contribution in [3.05, 3.63) is 42.1 Å². The molecule has 0 amide bonds. The summed E-state index contributed by atoms with van der Waals surface area (Å²) in [6.07, 6.45) is 6.09. The van der Waals surface area contributed by atoms with Crippen LogP contribution in [0.15, 0.2) is 30.6 Å². The van der Waals surface area contributed by atoms with Crippen LogP contribution in [0.2, 0.25) is 0 Å². The van der Waals surface area contributed by atoms with E-state index in [4.69, 9.17) is 4.98 Å². The lowest BCUT2D eigenvalue weighted by atomic mass is 9.92. The number of aromatic nitrogens is 5. The first-order valence-electron chi connectivity index (χ1n) is 9.06. The van der Waals surface area contributed by atoms with Gasteiger partial charge in [0, 0.05) is 38.7 Å². The van der Waals surface area contributed by atoms with E-state index in [0.29, 0.717) is 12.2 Å². The van der Waals surface area contributed by atoms with E-state index in [2.05, 4.69) is 20.0 Å². The van der Waals surface area contributed by atoms with Crippen LogP contribution in [-0.4, -0.2) is 43.6 Å². The van der Waals surface area contributed by atoms with Gasteiger partial charge in [-0.2, -0.15) is 5.10 Å². The fourth-order valence-corrected chi connectivity index (χ4v) is 3.55. The highest BCUT2D eigenvalue weighted by atomic mass is 16.1. The average molecular weight is 350 g/mol. The zero-order chi connectivity index (χ0) is 18.1. The van der Waals surface area contributed by atoms with Crippen LogP contribution in [0.4, 0.5) is 5.82 Å². The summed E-state index contributed by atoms with van der Waals surface area (Å²) in [6.45, 7) is 3.58. The first-order valence-corrected chi connectivity index (χ1v) is 9.06. The summed E-state index contributed by atoms with van der Waals surface area (Å²) < 4.78 is 1.78. The van der Waals surface area contributed by atoms with Crippen LogP contribution in [0, 0.1) is 5.92 Å². The maximum Gasteiger partial charge on any atom is 0.185 e. The average Bonchev–Trinajstić information content (AvgIpc) is 3.08. The topological polar surface area (TPSA) is 76.8 Å². The van der Waals surface area contributed by atoms with Crippen LogP contribution in [0.25, 0.3) is 11.0 Å². The molecule has 1 unspecified atom stereocenters. The van der Waals surface area contributed by atoms with Crippen LogP contribution >= 0.6 is 0 Å². The molecule has 1 fully saturated rings. The van der Waals surface area contributed by atoms with E-state index < -0.39 is 0 Å². The Balaban J connectivity index is 1.66. The lowest BCUT2D eigenvalue weighted by Crippen LogP contribution is -2.39. The Bertz CT molecular complexity index is 936. The van der Waals surface area contributed by atoms with Gasteiger partial charge in [0.15, 0.2) is 11.4 Å². The standard InChI is InChI=1S/C19H22N6O/c1-3-16-22-18-14(11-21-24(18)2)19(23-16)25-10-6-7-13(12-25)17(26)15-8-4-5-9-20-15/h4-5,8-9,11,13H,3,6-7,10,12H2,1-2H3. The molecule has 3 aromatic rings. The second-order valence-electron chi connectivity index (χ2n) is 6.69. The van der Waals surface area contributed by atoms with E-state index in [1.54, 1.807) is 16.9 Å².